The third kappa shape index (κ3) is 2.28. The van der Waals surface area contributed by atoms with Gasteiger partial charge < -0.3 is 10.2 Å². The third-order valence-electron chi connectivity index (χ3n) is 2.23. The number of phenols is 1. The van der Waals surface area contributed by atoms with Crippen LogP contribution < -0.4 is 0 Å². The van der Waals surface area contributed by atoms with Crippen LogP contribution in [0.25, 0.3) is 0 Å². The minimum Gasteiger partial charge on any atom is -0.506 e. The molecule has 0 aliphatic heterocycles. The molecular weight excluding hydrogens is 244 g/mol. The van der Waals surface area contributed by atoms with E-state index in [0.717, 1.165) is 5.56 Å². The maximum atomic E-state index is 9.67. The van der Waals surface area contributed by atoms with E-state index in [4.69, 9.17) is 0 Å². The molecule has 2 N–H and O–H groups in total. The van der Waals surface area contributed by atoms with Crippen molar-refractivity contribution in [3.05, 3.63) is 27.7 Å². The Kier molecular flexibility index (Phi) is 3.56. The van der Waals surface area contributed by atoms with Crippen molar-refractivity contribution in [3.8, 4) is 5.75 Å². The first-order valence-electron chi connectivity index (χ1n) is 4.63. The van der Waals surface area contributed by atoms with Crippen LogP contribution in [0.1, 0.15) is 43.9 Å². The lowest BCUT2D eigenvalue weighted by Crippen LogP contribution is -1.96. The molecule has 0 amide bonds. The summed E-state index contributed by atoms with van der Waals surface area (Å²) in [7, 11) is 0. The predicted molar refractivity (Wildman–Crippen MR) is 60.5 cm³/mol. The highest BCUT2D eigenvalue weighted by molar-refractivity contribution is 9.10. The number of hydrogen-bond donors (Lipinski definition) is 2. The molecule has 1 rings (SSSR count). The van der Waals surface area contributed by atoms with Crippen LogP contribution in [0.5, 0.6) is 5.75 Å². The first kappa shape index (κ1) is 11.5. The van der Waals surface area contributed by atoms with E-state index >= 15 is 0 Å². The molecule has 78 valence electrons. The fraction of sp³-hybridized carbons (Fsp3) is 0.455. The molecule has 1 atom stereocenters. The second-order valence-corrected chi connectivity index (χ2v) is 4.63. The fourth-order valence-electron chi connectivity index (χ4n) is 1.29. The second kappa shape index (κ2) is 4.32. The first-order chi connectivity index (χ1) is 6.43. The Morgan fingerprint density at radius 2 is 1.79 bits per heavy atom. The van der Waals surface area contributed by atoms with Crippen molar-refractivity contribution < 1.29 is 10.2 Å². The zero-order valence-corrected chi connectivity index (χ0v) is 10.2. The van der Waals surface area contributed by atoms with Gasteiger partial charge in [-0.2, -0.15) is 0 Å². The van der Waals surface area contributed by atoms with Gasteiger partial charge in [0.2, 0.25) is 0 Å². The molecule has 0 bridgehead atoms. The topological polar surface area (TPSA) is 40.5 Å². The molecule has 0 heterocycles. The van der Waals surface area contributed by atoms with Crippen molar-refractivity contribution >= 4 is 15.9 Å². The molecule has 1 aromatic rings. The summed E-state index contributed by atoms with van der Waals surface area (Å²) in [5.41, 5.74) is 1.67. The van der Waals surface area contributed by atoms with Gasteiger partial charge in [-0.1, -0.05) is 13.8 Å². The minimum atomic E-state index is -0.648. The van der Waals surface area contributed by atoms with Crippen LogP contribution in [-0.2, 0) is 0 Å². The van der Waals surface area contributed by atoms with E-state index in [0.29, 0.717) is 16.0 Å². The van der Waals surface area contributed by atoms with Crippen LogP contribution in [0.4, 0.5) is 0 Å². The molecule has 1 aromatic carbocycles. The number of halogens is 1. The lowest BCUT2D eigenvalue weighted by atomic mass is 9.98. The molecule has 1 unspecified atom stereocenters. The summed E-state index contributed by atoms with van der Waals surface area (Å²) in [6, 6.07) is 3.72. The Labute approximate surface area is 92.7 Å². The predicted octanol–water partition coefficient (Wildman–Crippen LogP) is 3.33. The highest BCUT2D eigenvalue weighted by Gasteiger charge is 2.13. The molecule has 0 aliphatic rings. The van der Waals surface area contributed by atoms with Gasteiger partial charge in [-0.3, -0.25) is 0 Å². The SMILES string of the molecule is CC(C)c1cc(Br)c(O)c(C(C)O)c1. The molecule has 14 heavy (non-hydrogen) atoms. The van der Waals surface area contributed by atoms with E-state index in [-0.39, 0.29) is 5.75 Å². The van der Waals surface area contributed by atoms with E-state index in [1.165, 1.54) is 0 Å². The average Bonchev–Trinajstić information content (AvgIpc) is 2.08. The number of aliphatic hydroxyl groups is 1. The zero-order chi connectivity index (χ0) is 10.9. The van der Waals surface area contributed by atoms with Gasteiger partial charge in [-0.15, -0.1) is 0 Å². The van der Waals surface area contributed by atoms with Gasteiger partial charge in [0.15, 0.2) is 0 Å². The average molecular weight is 259 g/mol. The van der Waals surface area contributed by atoms with Crippen LogP contribution in [0.2, 0.25) is 0 Å². The van der Waals surface area contributed by atoms with Crippen molar-refractivity contribution in [2.75, 3.05) is 0 Å². The summed E-state index contributed by atoms with van der Waals surface area (Å²) in [6.45, 7) is 5.79. The van der Waals surface area contributed by atoms with Gasteiger partial charge in [0.1, 0.15) is 5.75 Å². The Balaban J connectivity index is 3.28. The number of aromatic hydroxyl groups is 1. The number of aliphatic hydroxyl groups excluding tert-OH is 1. The van der Waals surface area contributed by atoms with Gasteiger partial charge in [-0.05, 0) is 46.5 Å². The van der Waals surface area contributed by atoms with E-state index in [1.807, 2.05) is 12.1 Å². The Hall–Kier alpha value is -0.540. The Bertz CT molecular complexity index is 332. The van der Waals surface area contributed by atoms with Crippen molar-refractivity contribution in [1.82, 2.24) is 0 Å². The molecule has 0 spiro atoms. The highest BCUT2D eigenvalue weighted by Crippen LogP contribution is 2.35. The molecule has 2 nitrogen and oxygen atoms in total. The van der Waals surface area contributed by atoms with Gasteiger partial charge in [0.05, 0.1) is 10.6 Å². The minimum absolute atomic E-state index is 0.129. The van der Waals surface area contributed by atoms with E-state index < -0.39 is 6.10 Å². The van der Waals surface area contributed by atoms with Crippen molar-refractivity contribution in [1.29, 1.82) is 0 Å². The smallest absolute Gasteiger partial charge is 0.135 e. The molecule has 0 radical (unpaired) electrons. The van der Waals surface area contributed by atoms with E-state index in [2.05, 4.69) is 29.8 Å². The van der Waals surface area contributed by atoms with Gasteiger partial charge in [-0.25, -0.2) is 0 Å². The molecule has 3 heteroatoms. The van der Waals surface area contributed by atoms with E-state index in [1.54, 1.807) is 6.92 Å². The molecule has 0 aliphatic carbocycles. The van der Waals surface area contributed by atoms with E-state index in [9.17, 15) is 10.2 Å². The summed E-state index contributed by atoms with van der Waals surface area (Å²) in [5.74, 6) is 0.508. The lowest BCUT2D eigenvalue weighted by Gasteiger charge is -2.13. The normalized spacial score (nSPS) is 13.3. The lowest BCUT2D eigenvalue weighted by molar-refractivity contribution is 0.194. The molecule has 0 saturated heterocycles. The number of benzene rings is 1. The largest absolute Gasteiger partial charge is 0.506 e. The van der Waals surface area contributed by atoms with Crippen LogP contribution >= 0.6 is 15.9 Å². The second-order valence-electron chi connectivity index (χ2n) is 3.77. The summed E-state index contributed by atoms with van der Waals surface area (Å²) in [6.07, 6.45) is -0.648. The Morgan fingerprint density at radius 1 is 1.21 bits per heavy atom. The summed E-state index contributed by atoms with van der Waals surface area (Å²) in [4.78, 5) is 0. The maximum absolute atomic E-state index is 9.67. The summed E-state index contributed by atoms with van der Waals surface area (Å²) in [5, 5.41) is 19.1. The van der Waals surface area contributed by atoms with Crippen molar-refractivity contribution in [3.63, 3.8) is 0 Å². The quantitative estimate of drug-likeness (QED) is 0.855. The molecule has 0 fully saturated rings. The monoisotopic (exact) mass is 258 g/mol. The highest BCUT2D eigenvalue weighted by atomic mass is 79.9. The Morgan fingerprint density at radius 3 is 2.21 bits per heavy atom. The fourth-order valence-corrected chi connectivity index (χ4v) is 1.79. The molecule has 0 aromatic heterocycles. The number of hydrogen-bond acceptors (Lipinski definition) is 2. The summed E-state index contributed by atoms with van der Waals surface area (Å²) >= 11 is 3.27. The first-order valence-corrected chi connectivity index (χ1v) is 5.43. The number of phenolic OH excluding ortho intramolecular Hbond substituents is 1. The van der Waals surface area contributed by atoms with Crippen LogP contribution in [0.3, 0.4) is 0 Å². The van der Waals surface area contributed by atoms with Crippen LogP contribution in [0.15, 0.2) is 16.6 Å². The van der Waals surface area contributed by atoms with Crippen molar-refractivity contribution in [2.45, 2.75) is 32.8 Å². The zero-order valence-electron chi connectivity index (χ0n) is 8.58. The van der Waals surface area contributed by atoms with Gasteiger partial charge >= 0.3 is 0 Å². The summed E-state index contributed by atoms with van der Waals surface area (Å²) < 4.78 is 0.639. The maximum Gasteiger partial charge on any atom is 0.135 e. The molecular formula is C11H15BrO2. The van der Waals surface area contributed by atoms with Crippen molar-refractivity contribution in [2.24, 2.45) is 0 Å². The van der Waals surface area contributed by atoms with Crippen LogP contribution in [-0.4, -0.2) is 10.2 Å². The van der Waals surface area contributed by atoms with Gasteiger partial charge in [0, 0.05) is 5.56 Å². The van der Waals surface area contributed by atoms with Crippen LogP contribution in [0, 0.1) is 0 Å². The molecule has 0 saturated carbocycles. The van der Waals surface area contributed by atoms with Gasteiger partial charge in [0.25, 0.3) is 0 Å². The number of rotatable bonds is 2. The standard InChI is InChI=1S/C11H15BrO2/c1-6(2)8-4-9(7(3)13)11(14)10(12)5-8/h4-7,13-14H,1-3H3. The third-order valence-corrected chi connectivity index (χ3v) is 2.84.